The summed E-state index contributed by atoms with van der Waals surface area (Å²) in [6.45, 7) is 5.16. The van der Waals surface area contributed by atoms with E-state index in [1.807, 2.05) is 41.9 Å². The van der Waals surface area contributed by atoms with Crippen LogP contribution < -0.4 is 10.1 Å². The Hall–Kier alpha value is -2.96. The fourth-order valence-corrected chi connectivity index (χ4v) is 2.43. The Bertz CT molecular complexity index is 815. The monoisotopic (exact) mass is 338 g/mol. The van der Waals surface area contributed by atoms with E-state index in [9.17, 15) is 0 Å². The van der Waals surface area contributed by atoms with Crippen LogP contribution in [0, 0.1) is 0 Å². The summed E-state index contributed by atoms with van der Waals surface area (Å²) >= 11 is 0. The highest BCUT2D eigenvalue weighted by molar-refractivity contribution is 5.28. The maximum atomic E-state index is 5.72. The van der Waals surface area contributed by atoms with Crippen molar-refractivity contribution in [3.8, 4) is 5.88 Å². The van der Waals surface area contributed by atoms with E-state index in [0.717, 1.165) is 17.2 Å². The lowest BCUT2D eigenvalue weighted by Crippen LogP contribution is -2.10. The number of nitrogens with zero attached hydrogens (tertiary/aromatic N) is 5. The number of anilines is 1. The van der Waals surface area contributed by atoms with E-state index in [0.29, 0.717) is 30.9 Å². The smallest absolute Gasteiger partial charge is 0.226 e. The summed E-state index contributed by atoms with van der Waals surface area (Å²) in [5.74, 6) is 3.15. The molecule has 0 unspecified atom stereocenters. The zero-order valence-corrected chi connectivity index (χ0v) is 14.7. The van der Waals surface area contributed by atoms with Crippen LogP contribution in [0.1, 0.15) is 37.0 Å². The van der Waals surface area contributed by atoms with Gasteiger partial charge in [0.2, 0.25) is 11.8 Å². The van der Waals surface area contributed by atoms with Gasteiger partial charge in [0.15, 0.2) is 5.82 Å². The zero-order chi connectivity index (χ0) is 17.6. The van der Waals surface area contributed by atoms with Crippen molar-refractivity contribution < 1.29 is 4.74 Å². The number of rotatable bonds is 7. The van der Waals surface area contributed by atoms with Gasteiger partial charge in [0.25, 0.3) is 0 Å². The molecule has 0 aliphatic heterocycles. The molecule has 0 aliphatic carbocycles. The predicted octanol–water partition coefficient (Wildman–Crippen LogP) is 2.92. The highest BCUT2D eigenvalue weighted by Gasteiger charge is 2.11. The topological polar surface area (TPSA) is 77.8 Å². The fraction of sp³-hybridized carbons (Fsp3) is 0.333. The van der Waals surface area contributed by atoms with Gasteiger partial charge in [-0.05, 0) is 5.56 Å². The Labute approximate surface area is 147 Å². The SMILES string of the molecule is CC(C)c1nnc(CNc2nccc(OCc3ccccc3)n2)n1C. The first-order valence-electron chi connectivity index (χ1n) is 8.25. The molecule has 130 valence electrons. The molecule has 0 fully saturated rings. The Morgan fingerprint density at radius 3 is 2.64 bits per heavy atom. The van der Waals surface area contributed by atoms with Crippen LogP contribution in [0.15, 0.2) is 42.6 Å². The van der Waals surface area contributed by atoms with Crippen molar-refractivity contribution in [3.05, 3.63) is 59.8 Å². The number of benzene rings is 1. The first kappa shape index (κ1) is 16.9. The van der Waals surface area contributed by atoms with Gasteiger partial charge in [-0.3, -0.25) is 0 Å². The zero-order valence-electron chi connectivity index (χ0n) is 14.7. The Morgan fingerprint density at radius 1 is 1.12 bits per heavy atom. The minimum atomic E-state index is 0.331. The van der Waals surface area contributed by atoms with Crippen molar-refractivity contribution in [3.63, 3.8) is 0 Å². The molecule has 0 spiro atoms. The molecule has 0 saturated carbocycles. The van der Waals surface area contributed by atoms with Crippen LogP contribution in [0.3, 0.4) is 0 Å². The van der Waals surface area contributed by atoms with Gasteiger partial charge >= 0.3 is 0 Å². The molecule has 7 heteroatoms. The van der Waals surface area contributed by atoms with Gasteiger partial charge in [-0.2, -0.15) is 4.98 Å². The van der Waals surface area contributed by atoms with Gasteiger partial charge in [0, 0.05) is 25.2 Å². The summed E-state index contributed by atoms with van der Waals surface area (Å²) in [7, 11) is 1.96. The number of aromatic nitrogens is 5. The van der Waals surface area contributed by atoms with Crippen LogP contribution in [-0.2, 0) is 20.2 Å². The normalized spacial score (nSPS) is 10.9. The van der Waals surface area contributed by atoms with E-state index >= 15 is 0 Å². The molecular formula is C18H22N6O. The quantitative estimate of drug-likeness (QED) is 0.714. The molecule has 0 atom stereocenters. The van der Waals surface area contributed by atoms with Crippen LogP contribution in [0.5, 0.6) is 5.88 Å². The average Bonchev–Trinajstić information content (AvgIpc) is 3.00. The van der Waals surface area contributed by atoms with Gasteiger partial charge in [-0.25, -0.2) is 4.98 Å². The van der Waals surface area contributed by atoms with Crippen LogP contribution in [0.25, 0.3) is 0 Å². The summed E-state index contributed by atoms with van der Waals surface area (Å²) in [5.41, 5.74) is 1.09. The number of hydrogen-bond donors (Lipinski definition) is 1. The van der Waals surface area contributed by atoms with Crippen molar-refractivity contribution >= 4 is 5.95 Å². The fourth-order valence-electron chi connectivity index (χ4n) is 2.43. The molecule has 0 aliphatic rings. The molecule has 1 N–H and O–H groups in total. The molecule has 1 aromatic carbocycles. The van der Waals surface area contributed by atoms with Gasteiger partial charge < -0.3 is 14.6 Å². The number of ether oxygens (including phenoxy) is 1. The molecule has 25 heavy (non-hydrogen) atoms. The summed E-state index contributed by atoms with van der Waals surface area (Å²) in [5, 5.41) is 11.6. The van der Waals surface area contributed by atoms with Gasteiger partial charge in [-0.1, -0.05) is 44.2 Å². The molecule has 0 saturated heterocycles. The molecule has 3 rings (SSSR count). The van der Waals surface area contributed by atoms with Gasteiger partial charge in [0.05, 0.1) is 6.54 Å². The molecule has 2 aromatic heterocycles. The summed E-state index contributed by atoms with van der Waals surface area (Å²) in [6.07, 6.45) is 1.67. The van der Waals surface area contributed by atoms with Crippen LogP contribution in [-0.4, -0.2) is 24.7 Å². The van der Waals surface area contributed by atoms with Crippen LogP contribution >= 0.6 is 0 Å². The van der Waals surface area contributed by atoms with Crippen LogP contribution in [0.2, 0.25) is 0 Å². The van der Waals surface area contributed by atoms with Crippen molar-refractivity contribution in [1.29, 1.82) is 0 Å². The van der Waals surface area contributed by atoms with Crippen molar-refractivity contribution in [2.24, 2.45) is 7.05 Å². The lowest BCUT2D eigenvalue weighted by atomic mass is 10.2. The Balaban J connectivity index is 1.60. The number of hydrogen-bond acceptors (Lipinski definition) is 6. The lowest BCUT2D eigenvalue weighted by molar-refractivity contribution is 0.293. The van der Waals surface area contributed by atoms with Crippen molar-refractivity contribution in [2.75, 3.05) is 5.32 Å². The molecule has 3 aromatic rings. The summed E-state index contributed by atoms with van der Waals surface area (Å²) < 4.78 is 7.71. The molecular weight excluding hydrogens is 316 g/mol. The molecule has 0 radical (unpaired) electrons. The maximum absolute atomic E-state index is 5.72. The third kappa shape index (κ3) is 4.32. The average molecular weight is 338 g/mol. The predicted molar refractivity (Wildman–Crippen MR) is 95.2 cm³/mol. The molecule has 7 nitrogen and oxygen atoms in total. The van der Waals surface area contributed by atoms with Gasteiger partial charge in [0.1, 0.15) is 12.4 Å². The minimum Gasteiger partial charge on any atom is -0.473 e. The van der Waals surface area contributed by atoms with Crippen molar-refractivity contribution in [1.82, 2.24) is 24.7 Å². The van der Waals surface area contributed by atoms with Crippen LogP contribution in [0.4, 0.5) is 5.95 Å². The van der Waals surface area contributed by atoms with E-state index < -0.39 is 0 Å². The molecule has 0 bridgehead atoms. The second kappa shape index (κ2) is 7.74. The van der Waals surface area contributed by atoms with E-state index in [4.69, 9.17) is 4.74 Å². The number of nitrogens with one attached hydrogen (secondary N) is 1. The molecule has 0 amide bonds. The van der Waals surface area contributed by atoms with E-state index in [-0.39, 0.29) is 0 Å². The van der Waals surface area contributed by atoms with Crippen molar-refractivity contribution in [2.45, 2.75) is 32.9 Å². The Morgan fingerprint density at radius 2 is 1.92 bits per heavy atom. The second-order valence-corrected chi connectivity index (χ2v) is 6.03. The van der Waals surface area contributed by atoms with E-state index in [1.54, 1.807) is 12.3 Å². The highest BCUT2D eigenvalue weighted by atomic mass is 16.5. The highest BCUT2D eigenvalue weighted by Crippen LogP contribution is 2.14. The Kier molecular flexibility index (Phi) is 5.23. The largest absolute Gasteiger partial charge is 0.473 e. The maximum Gasteiger partial charge on any atom is 0.226 e. The lowest BCUT2D eigenvalue weighted by Gasteiger charge is -2.09. The second-order valence-electron chi connectivity index (χ2n) is 6.03. The molecule has 2 heterocycles. The minimum absolute atomic E-state index is 0.331. The van der Waals surface area contributed by atoms with E-state index in [2.05, 4.69) is 39.3 Å². The third-order valence-corrected chi connectivity index (χ3v) is 3.78. The van der Waals surface area contributed by atoms with Gasteiger partial charge in [-0.15, -0.1) is 10.2 Å². The first-order chi connectivity index (χ1) is 12.1. The first-order valence-corrected chi connectivity index (χ1v) is 8.25. The summed E-state index contributed by atoms with van der Waals surface area (Å²) in [4.78, 5) is 8.59. The third-order valence-electron chi connectivity index (χ3n) is 3.78. The standard InChI is InChI=1S/C18H22N6O/c1-13(2)17-23-22-15(24(17)3)11-20-18-19-10-9-16(21-18)25-12-14-7-5-4-6-8-14/h4-10,13H,11-12H2,1-3H3,(H,19,20,21). The summed E-state index contributed by atoms with van der Waals surface area (Å²) in [6, 6.07) is 11.7. The van der Waals surface area contributed by atoms with E-state index in [1.165, 1.54) is 0 Å².